The number of benzene rings is 2. The molecule has 0 saturated carbocycles. The Morgan fingerprint density at radius 1 is 1.06 bits per heavy atom. The lowest BCUT2D eigenvalue weighted by Crippen LogP contribution is -2.14. The third-order valence-electron chi connectivity index (χ3n) is 5.58. The second kappa shape index (κ2) is 9.55. The molecule has 0 spiro atoms. The van der Waals surface area contributed by atoms with Crippen LogP contribution in [0.5, 0.6) is 0 Å². The second-order valence-electron chi connectivity index (χ2n) is 8.12. The van der Waals surface area contributed by atoms with Crippen LogP contribution in [-0.2, 0) is 0 Å². The Bertz CT molecular complexity index is 1400. The summed E-state index contributed by atoms with van der Waals surface area (Å²) in [5, 5.41) is 25.8. The molecule has 2 atom stereocenters. The van der Waals surface area contributed by atoms with E-state index in [0.29, 0.717) is 22.5 Å². The number of carboxylic acids is 1. The summed E-state index contributed by atoms with van der Waals surface area (Å²) in [6.45, 7) is 5.86. The van der Waals surface area contributed by atoms with Gasteiger partial charge in [0.1, 0.15) is 6.07 Å². The molecule has 8 heteroatoms. The van der Waals surface area contributed by atoms with Gasteiger partial charge in [-0.05, 0) is 56.2 Å². The summed E-state index contributed by atoms with van der Waals surface area (Å²) < 4.78 is 0. The molecular formula is C26H24N6O2. The van der Waals surface area contributed by atoms with Gasteiger partial charge in [0.25, 0.3) is 0 Å². The third kappa shape index (κ3) is 4.64. The van der Waals surface area contributed by atoms with Crippen LogP contribution in [0.2, 0.25) is 0 Å². The van der Waals surface area contributed by atoms with Gasteiger partial charge in [-0.3, -0.25) is 4.98 Å². The molecule has 170 valence electrons. The average molecular weight is 453 g/mol. The molecule has 0 bridgehead atoms. The molecule has 0 radical (unpaired) electrons. The second-order valence-corrected chi connectivity index (χ2v) is 8.12. The normalized spacial score (nSPS) is 12.5. The average Bonchev–Trinajstić information content (AvgIpc) is 2.84. The van der Waals surface area contributed by atoms with E-state index in [4.69, 9.17) is 4.98 Å². The molecule has 0 saturated heterocycles. The summed E-state index contributed by atoms with van der Waals surface area (Å²) in [7, 11) is 0. The monoisotopic (exact) mass is 452 g/mol. The first kappa shape index (κ1) is 22.7. The van der Waals surface area contributed by atoms with Crippen molar-refractivity contribution >= 4 is 28.5 Å². The molecule has 4 aromatic rings. The zero-order chi connectivity index (χ0) is 24.2. The zero-order valence-electron chi connectivity index (χ0n) is 19.1. The number of rotatable bonds is 7. The Morgan fingerprint density at radius 2 is 1.85 bits per heavy atom. The van der Waals surface area contributed by atoms with Gasteiger partial charge in [-0.15, -0.1) is 0 Å². The van der Waals surface area contributed by atoms with E-state index in [1.165, 1.54) is 0 Å². The summed E-state index contributed by atoms with van der Waals surface area (Å²) in [6, 6.07) is 16.2. The molecule has 4 rings (SSSR count). The number of anilines is 2. The first-order valence-corrected chi connectivity index (χ1v) is 10.8. The molecule has 0 aliphatic rings. The smallest absolute Gasteiger partial charge is 0.337 e. The van der Waals surface area contributed by atoms with Gasteiger partial charge in [0, 0.05) is 23.6 Å². The Balaban J connectivity index is 1.76. The molecule has 0 aliphatic heterocycles. The van der Waals surface area contributed by atoms with Crippen molar-refractivity contribution in [3.63, 3.8) is 0 Å². The van der Waals surface area contributed by atoms with Crippen molar-refractivity contribution in [1.82, 2.24) is 15.0 Å². The number of nitrogens with one attached hydrogen (secondary N) is 2. The Morgan fingerprint density at radius 3 is 2.56 bits per heavy atom. The number of aryl methyl sites for hydroxylation is 1. The number of hydrogen-bond acceptors (Lipinski definition) is 7. The minimum Gasteiger partial charge on any atom is -0.478 e. The number of hydrogen-bond donors (Lipinski definition) is 3. The number of aromatic carboxylic acids is 1. The van der Waals surface area contributed by atoms with Gasteiger partial charge >= 0.3 is 5.97 Å². The Kier molecular flexibility index (Phi) is 6.37. The lowest BCUT2D eigenvalue weighted by molar-refractivity contribution is 0.0698. The van der Waals surface area contributed by atoms with Crippen molar-refractivity contribution in [1.29, 1.82) is 5.26 Å². The van der Waals surface area contributed by atoms with Crippen LogP contribution >= 0.6 is 0 Å². The highest BCUT2D eigenvalue weighted by molar-refractivity contribution is 5.94. The van der Waals surface area contributed by atoms with E-state index in [-0.39, 0.29) is 23.3 Å². The number of nitriles is 1. The largest absolute Gasteiger partial charge is 0.478 e. The highest BCUT2D eigenvalue weighted by atomic mass is 16.4. The summed E-state index contributed by atoms with van der Waals surface area (Å²) in [6.07, 6.45) is 3.47. The maximum Gasteiger partial charge on any atom is 0.337 e. The molecule has 2 aromatic carbocycles. The molecule has 3 N–H and O–H groups in total. The summed E-state index contributed by atoms with van der Waals surface area (Å²) >= 11 is 0. The molecular weight excluding hydrogens is 428 g/mol. The SMILES string of the molecule is Cc1cc([C@@H](C)Nc2ccccc2C(=O)O)c2nc(NC(C)c3cccnc3)c(C#N)nc2c1. The number of pyridine rings is 1. The number of carboxylic acid groups (broad SMARTS) is 1. The van der Waals surface area contributed by atoms with E-state index >= 15 is 0 Å². The Hall–Kier alpha value is -4.51. The van der Waals surface area contributed by atoms with E-state index < -0.39 is 5.97 Å². The van der Waals surface area contributed by atoms with Crippen LogP contribution in [0.15, 0.2) is 60.9 Å². The predicted molar refractivity (Wildman–Crippen MR) is 131 cm³/mol. The lowest BCUT2D eigenvalue weighted by Gasteiger charge is -2.20. The third-order valence-corrected chi connectivity index (χ3v) is 5.58. The van der Waals surface area contributed by atoms with Crippen molar-refractivity contribution in [3.8, 4) is 6.07 Å². The summed E-state index contributed by atoms with van der Waals surface area (Å²) in [4.78, 5) is 25.2. The quantitative estimate of drug-likeness (QED) is 0.347. The lowest BCUT2D eigenvalue weighted by atomic mass is 10.0. The van der Waals surface area contributed by atoms with Crippen LogP contribution in [0, 0.1) is 18.3 Å². The molecule has 2 heterocycles. The highest BCUT2D eigenvalue weighted by Gasteiger charge is 2.19. The first-order chi connectivity index (χ1) is 16.4. The fourth-order valence-corrected chi connectivity index (χ4v) is 3.87. The molecule has 2 aromatic heterocycles. The van der Waals surface area contributed by atoms with Gasteiger partial charge in [0.15, 0.2) is 11.5 Å². The van der Waals surface area contributed by atoms with Crippen LogP contribution in [0.1, 0.15) is 58.7 Å². The van der Waals surface area contributed by atoms with Gasteiger partial charge in [-0.25, -0.2) is 14.8 Å². The maximum absolute atomic E-state index is 11.6. The van der Waals surface area contributed by atoms with E-state index in [1.807, 2.05) is 45.0 Å². The number of para-hydroxylation sites is 1. The Labute approximate surface area is 197 Å². The van der Waals surface area contributed by atoms with Gasteiger partial charge in [0.2, 0.25) is 0 Å². The van der Waals surface area contributed by atoms with Crippen molar-refractivity contribution < 1.29 is 9.90 Å². The van der Waals surface area contributed by atoms with E-state index in [0.717, 1.165) is 16.7 Å². The number of nitrogens with zero attached hydrogens (tertiary/aromatic N) is 4. The molecule has 0 fully saturated rings. The predicted octanol–water partition coefficient (Wildman–Crippen LogP) is 5.25. The van der Waals surface area contributed by atoms with E-state index in [2.05, 4.69) is 26.7 Å². The van der Waals surface area contributed by atoms with Gasteiger partial charge in [-0.2, -0.15) is 5.26 Å². The number of aromatic nitrogens is 3. The van der Waals surface area contributed by atoms with Crippen LogP contribution in [0.4, 0.5) is 11.5 Å². The molecule has 0 aliphatic carbocycles. The van der Waals surface area contributed by atoms with Crippen LogP contribution < -0.4 is 10.6 Å². The van der Waals surface area contributed by atoms with Crippen LogP contribution in [0.3, 0.4) is 0 Å². The molecule has 0 amide bonds. The van der Waals surface area contributed by atoms with Gasteiger partial charge in [-0.1, -0.05) is 24.3 Å². The highest BCUT2D eigenvalue weighted by Crippen LogP contribution is 2.30. The molecule has 34 heavy (non-hydrogen) atoms. The van der Waals surface area contributed by atoms with E-state index in [1.54, 1.807) is 36.7 Å². The van der Waals surface area contributed by atoms with E-state index in [9.17, 15) is 15.2 Å². The topological polar surface area (TPSA) is 124 Å². The molecule has 1 unspecified atom stereocenters. The number of fused-ring (bicyclic) bond motifs is 1. The van der Waals surface area contributed by atoms with Crippen molar-refractivity contribution in [2.45, 2.75) is 32.9 Å². The summed E-state index contributed by atoms with van der Waals surface area (Å²) in [5.41, 5.74) is 4.92. The standard InChI is InChI=1S/C26H24N6O2/c1-15-11-20(17(3)29-21-9-5-4-8-19(21)26(33)34)24-22(12-15)31-23(13-27)25(32-24)30-16(2)18-7-6-10-28-14-18/h4-12,14,16-17,29H,1-3H3,(H,30,32)(H,33,34)/t16?,17-/m1/s1. The van der Waals surface area contributed by atoms with Crippen molar-refractivity contribution in [2.24, 2.45) is 0 Å². The minimum absolute atomic E-state index is 0.139. The van der Waals surface area contributed by atoms with Gasteiger partial charge in [0.05, 0.1) is 28.7 Å². The van der Waals surface area contributed by atoms with Crippen LogP contribution in [-0.4, -0.2) is 26.0 Å². The maximum atomic E-state index is 11.6. The summed E-state index contributed by atoms with van der Waals surface area (Å²) in [5.74, 6) is -0.617. The van der Waals surface area contributed by atoms with Crippen LogP contribution in [0.25, 0.3) is 11.0 Å². The fourth-order valence-electron chi connectivity index (χ4n) is 3.87. The number of carbonyl (C=O) groups is 1. The zero-order valence-corrected chi connectivity index (χ0v) is 19.1. The van der Waals surface area contributed by atoms with Crippen molar-refractivity contribution in [2.75, 3.05) is 10.6 Å². The first-order valence-electron chi connectivity index (χ1n) is 10.8. The minimum atomic E-state index is -1.00. The fraction of sp³-hybridized carbons (Fsp3) is 0.192. The van der Waals surface area contributed by atoms with Gasteiger partial charge < -0.3 is 15.7 Å². The van der Waals surface area contributed by atoms with Crippen molar-refractivity contribution in [3.05, 3.63) is 88.9 Å². The molecule has 8 nitrogen and oxygen atoms in total.